The molecule has 0 fully saturated rings. The van der Waals surface area contributed by atoms with E-state index in [0.717, 1.165) is 11.3 Å². The Balaban J connectivity index is 2.20. The summed E-state index contributed by atoms with van der Waals surface area (Å²) in [6.07, 6.45) is 1.92. The van der Waals surface area contributed by atoms with Gasteiger partial charge in [-0.1, -0.05) is 60.7 Å². The van der Waals surface area contributed by atoms with Gasteiger partial charge in [0.05, 0.1) is 5.69 Å². The van der Waals surface area contributed by atoms with E-state index in [-0.39, 0.29) is 0 Å². The lowest BCUT2D eigenvalue weighted by Gasteiger charge is -2.11. The minimum Gasteiger partial charge on any atom is -0.325 e. The molecule has 0 atom stereocenters. The van der Waals surface area contributed by atoms with Crippen molar-refractivity contribution in [2.75, 3.05) is 0 Å². The average Bonchev–Trinajstić information content (AvgIpc) is 2.56. The summed E-state index contributed by atoms with van der Waals surface area (Å²) in [5, 5.41) is 0. The van der Waals surface area contributed by atoms with Crippen molar-refractivity contribution < 1.29 is 0 Å². The summed E-state index contributed by atoms with van der Waals surface area (Å²) in [6.45, 7) is 0.453. The van der Waals surface area contributed by atoms with E-state index in [9.17, 15) is 0 Å². The Hall–Kier alpha value is -2.45. The van der Waals surface area contributed by atoms with Crippen LogP contribution in [0.15, 0.2) is 72.9 Å². The average molecular weight is 260 g/mol. The van der Waals surface area contributed by atoms with Gasteiger partial charge in [0.25, 0.3) is 0 Å². The molecule has 0 aliphatic rings. The zero-order chi connectivity index (χ0) is 13.8. The smallest absolute Gasteiger partial charge is 0.0546 e. The summed E-state index contributed by atoms with van der Waals surface area (Å²) in [6, 6.07) is 22.7. The van der Waals surface area contributed by atoms with E-state index in [2.05, 4.69) is 35.3 Å². The van der Waals surface area contributed by atoms with Crippen LogP contribution < -0.4 is 5.73 Å². The molecule has 3 rings (SSSR count). The normalized spacial score (nSPS) is 10.4. The Morgan fingerprint density at radius 1 is 0.750 bits per heavy atom. The number of pyridine rings is 1. The second-order valence-electron chi connectivity index (χ2n) is 4.66. The zero-order valence-corrected chi connectivity index (χ0v) is 11.2. The number of benzene rings is 2. The van der Waals surface area contributed by atoms with Gasteiger partial charge in [0.15, 0.2) is 0 Å². The third kappa shape index (κ3) is 2.46. The molecule has 2 N–H and O–H groups in total. The van der Waals surface area contributed by atoms with Gasteiger partial charge in [-0.2, -0.15) is 0 Å². The van der Waals surface area contributed by atoms with Crippen molar-refractivity contribution in [2.24, 2.45) is 5.73 Å². The monoisotopic (exact) mass is 260 g/mol. The molecule has 0 aliphatic carbocycles. The predicted octanol–water partition coefficient (Wildman–Crippen LogP) is 3.87. The minimum absolute atomic E-state index is 0.453. The lowest BCUT2D eigenvalue weighted by molar-refractivity contribution is 0.992. The lowest BCUT2D eigenvalue weighted by atomic mass is 9.96. The van der Waals surface area contributed by atoms with E-state index in [4.69, 9.17) is 5.73 Å². The summed E-state index contributed by atoms with van der Waals surface area (Å²) in [4.78, 5) is 4.43. The summed E-state index contributed by atoms with van der Waals surface area (Å²) in [5.74, 6) is 0. The van der Waals surface area contributed by atoms with Crippen molar-refractivity contribution in [1.82, 2.24) is 4.98 Å². The zero-order valence-electron chi connectivity index (χ0n) is 11.2. The fourth-order valence-corrected chi connectivity index (χ4v) is 2.31. The first-order valence-corrected chi connectivity index (χ1v) is 6.68. The van der Waals surface area contributed by atoms with Crippen LogP contribution in [0.25, 0.3) is 22.3 Å². The van der Waals surface area contributed by atoms with Crippen LogP contribution in [0.3, 0.4) is 0 Å². The summed E-state index contributed by atoms with van der Waals surface area (Å²) >= 11 is 0. The highest BCUT2D eigenvalue weighted by atomic mass is 14.7. The van der Waals surface area contributed by atoms with Crippen LogP contribution in [0.1, 0.15) is 5.69 Å². The maximum Gasteiger partial charge on any atom is 0.0546 e. The number of nitrogens with zero attached hydrogens (tertiary/aromatic N) is 1. The molecule has 0 amide bonds. The van der Waals surface area contributed by atoms with E-state index in [1.165, 1.54) is 16.7 Å². The number of hydrogen-bond donors (Lipinski definition) is 1. The van der Waals surface area contributed by atoms with Crippen LogP contribution in [-0.2, 0) is 6.54 Å². The molecular formula is C18H16N2. The fourth-order valence-electron chi connectivity index (χ4n) is 2.31. The topological polar surface area (TPSA) is 38.9 Å². The molecule has 0 bridgehead atoms. The second-order valence-corrected chi connectivity index (χ2v) is 4.66. The summed E-state index contributed by atoms with van der Waals surface area (Å²) in [7, 11) is 0. The van der Waals surface area contributed by atoms with Crippen LogP contribution >= 0.6 is 0 Å². The molecule has 98 valence electrons. The van der Waals surface area contributed by atoms with Crippen LogP contribution in [0.2, 0.25) is 0 Å². The molecule has 2 nitrogen and oxygen atoms in total. The molecule has 1 aromatic heterocycles. The van der Waals surface area contributed by atoms with Gasteiger partial charge in [-0.05, 0) is 22.8 Å². The number of rotatable bonds is 3. The van der Waals surface area contributed by atoms with E-state index in [1.54, 1.807) is 0 Å². The molecule has 2 heteroatoms. The van der Waals surface area contributed by atoms with Gasteiger partial charge in [-0.15, -0.1) is 0 Å². The Bertz CT molecular complexity index is 691. The second kappa shape index (κ2) is 5.68. The van der Waals surface area contributed by atoms with E-state index >= 15 is 0 Å². The molecule has 0 aliphatic heterocycles. The van der Waals surface area contributed by atoms with Crippen molar-refractivity contribution in [3.8, 4) is 22.3 Å². The number of aromatic nitrogens is 1. The third-order valence-corrected chi connectivity index (χ3v) is 3.34. The molecule has 1 heterocycles. The van der Waals surface area contributed by atoms with Crippen LogP contribution in [0.5, 0.6) is 0 Å². The molecule has 3 aromatic rings. The molecule has 0 saturated carbocycles. The van der Waals surface area contributed by atoms with Crippen molar-refractivity contribution in [2.45, 2.75) is 6.54 Å². The van der Waals surface area contributed by atoms with Gasteiger partial charge >= 0.3 is 0 Å². The van der Waals surface area contributed by atoms with Gasteiger partial charge in [0.1, 0.15) is 0 Å². The third-order valence-electron chi connectivity index (χ3n) is 3.34. The van der Waals surface area contributed by atoms with Gasteiger partial charge in [-0.25, -0.2) is 0 Å². The number of nitrogens with two attached hydrogens (primary N) is 1. The van der Waals surface area contributed by atoms with Gasteiger partial charge in [0.2, 0.25) is 0 Å². The van der Waals surface area contributed by atoms with Crippen LogP contribution in [0, 0.1) is 0 Å². The minimum atomic E-state index is 0.453. The van der Waals surface area contributed by atoms with Crippen LogP contribution in [0.4, 0.5) is 0 Å². The molecule has 0 spiro atoms. The maximum atomic E-state index is 5.72. The highest BCUT2D eigenvalue weighted by Crippen LogP contribution is 2.31. The number of hydrogen-bond acceptors (Lipinski definition) is 2. The molecule has 0 saturated heterocycles. The van der Waals surface area contributed by atoms with Gasteiger partial charge < -0.3 is 5.73 Å². The fraction of sp³-hybridized carbons (Fsp3) is 0.0556. The van der Waals surface area contributed by atoms with Crippen molar-refractivity contribution in [1.29, 1.82) is 0 Å². The van der Waals surface area contributed by atoms with E-state index < -0.39 is 0 Å². The molecule has 2 aromatic carbocycles. The molecule has 0 unspecified atom stereocenters. The van der Waals surface area contributed by atoms with Crippen molar-refractivity contribution >= 4 is 0 Å². The Kier molecular flexibility index (Phi) is 3.57. The molecule has 0 radical (unpaired) electrons. The highest BCUT2D eigenvalue weighted by Gasteiger charge is 2.08. The van der Waals surface area contributed by atoms with Gasteiger partial charge in [0, 0.05) is 18.3 Å². The largest absolute Gasteiger partial charge is 0.325 e. The quantitative estimate of drug-likeness (QED) is 0.776. The van der Waals surface area contributed by atoms with Crippen LogP contribution in [-0.4, -0.2) is 4.98 Å². The Morgan fingerprint density at radius 2 is 1.30 bits per heavy atom. The standard InChI is InChI=1S/C18H16N2/c19-12-16-11-17(14-7-3-1-4-8-14)18(13-20-16)15-9-5-2-6-10-15/h1-11,13H,12,19H2. The first kappa shape index (κ1) is 12.6. The van der Waals surface area contributed by atoms with Crippen molar-refractivity contribution in [3.63, 3.8) is 0 Å². The van der Waals surface area contributed by atoms with Crippen molar-refractivity contribution in [3.05, 3.63) is 78.6 Å². The summed E-state index contributed by atoms with van der Waals surface area (Å²) < 4.78 is 0. The molecule has 20 heavy (non-hydrogen) atoms. The first-order chi connectivity index (χ1) is 9.88. The molecular weight excluding hydrogens is 244 g/mol. The summed E-state index contributed by atoms with van der Waals surface area (Å²) in [5.41, 5.74) is 11.3. The van der Waals surface area contributed by atoms with Gasteiger partial charge in [-0.3, -0.25) is 4.98 Å². The Morgan fingerprint density at radius 3 is 1.85 bits per heavy atom. The van der Waals surface area contributed by atoms with E-state index in [1.807, 2.05) is 42.6 Å². The highest BCUT2D eigenvalue weighted by molar-refractivity contribution is 5.83. The predicted molar refractivity (Wildman–Crippen MR) is 83.0 cm³/mol. The first-order valence-electron chi connectivity index (χ1n) is 6.68. The lowest BCUT2D eigenvalue weighted by Crippen LogP contribution is -2.00. The Labute approximate surface area is 118 Å². The van der Waals surface area contributed by atoms with E-state index in [0.29, 0.717) is 6.54 Å². The maximum absolute atomic E-state index is 5.72. The SMILES string of the molecule is NCc1cc(-c2ccccc2)c(-c2ccccc2)cn1.